The molecule has 0 spiro atoms. The average Bonchev–Trinajstić information content (AvgIpc) is 3.34. The molecule has 2 aromatic heterocycles. The smallest absolute Gasteiger partial charge is 0.217 e. The van der Waals surface area contributed by atoms with Crippen LogP contribution in [-0.4, -0.2) is 39.1 Å². The van der Waals surface area contributed by atoms with Crippen molar-refractivity contribution in [2.75, 3.05) is 6.61 Å². The SMILES string of the molecule is Cn1nc(Br)nc1-c1cc(Oc2c(F)cc3c(ccn3COCC[Si](C)(C)C)c2CO)ccc1F. The molecule has 186 valence electrons. The number of rotatable bonds is 9. The first-order chi connectivity index (χ1) is 16.6. The number of nitrogens with zero attached hydrogens (tertiary/aromatic N) is 4. The van der Waals surface area contributed by atoms with Gasteiger partial charge < -0.3 is 19.1 Å². The molecule has 1 N–H and O–H groups in total. The van der Waals surface area contributed by atoms with Crippen LogP contribution in [0, 0.1) is 11.6 Å². The first kappa shape index (κ1) is 25.5. The minimum absolute atomic E-state index is 0.117. The Labute approximate surface area is 211 Å². The fourth-order valence-corrected chi connectivity index (χ4v) is 4.88. The summed E-state index contributed by atoms with van der Waals surface area (Å²) >= 11 is 3.18. The number of aryl methyl sites for hydroxylation is 1. The van der Waals surface area contributed by atoms with Crippen molar-refractivity contribution < 1.29 is 23.4 Å². The minimum Gasteiger partial charge on any atom is -0.454 e. The van der Waals surface area contributed by atoms with Crippen LogP contribution < -0.4 is 4.74 Å². The van der Waals surface area contributed by atoms with Gasteiger partial charge in [-0.25, -0.2) is 18.4 Å². The van der Waals surface area contributed by atoms with Gasteiger partial charge in [0, 0.05) is 44.9 Å². The second-order valence-corrected chi connectivity index (χ2v) is 15.8. The van der Waals surface area contributed by atoms with Crippen molar-refractivity contribution in [1.29, 1.82) is 0 Å². The Kier molecular flexibility index (Phi) is 7.41. The molecule has 0 bridgehead atoms. The van der Waals surface area contributed by atoms with Crippen LogP contribution in [0.2, 0.25) is 25.7 Å². The molecule has 0 saturated carbocycles. The lowest BCUT2D eigenvalue weighted by molar-refractivity contribution is 0.0902. The van der Waals surface area contributed by atoms with Gasteiger partial charge in [-0.05, 0) is 46.2 Å². The molecule has 0 aliphatic heterocycles. The molecule has 0 radical (unpaired) electrons. The first-order valence-corrected chi connectivity index (χ1v) is 15.6. The number of hydrogen-bond donors (Lipinski definition) is 1. The average molecular weight is 565 g/mol. The van der Waals surface area contributed by atoms with Crippen molar-refractivity contribution in [2.45, 2.75) is 39.0 Å². The van der Waals surface area contributed by atoms with E-state index in [0.29, 0.717) is 27.8 Å². The number of halogens is 3. The van der Waals surface area contributed by atoms with Crippen LogP contribution in [0.4, 0.5) is 8.78 Å². The Morgan fingerprint density at radius 2 is 1.89 bits per heavy atom. The third-order valence-electron chi connectivity index (χ3n) is 5.61. The van der Waals surface area contributed by atoms with E-state index in [1.165, 1.54) is 28.9 Å². The van der Waals surface area contributed by atoms with Crippen LogP contribution in [0.15, 0.2) is 41.3 Å². The van der Waals surface area contributed by atoms with E-state index < -0.39 is 26.3 Å². The van der Waals surface area contributed by atoms with Gasteiger partial charge in [0.2, 0.25) is 4.73 Å². The third-order valence-corrected chi connectivity index (χ3v) is 7.65. The summed E-state index contributed by atoms with van der Waals surface area (Å²) in [5, 5.41) is 14.8. The third kappa shape index (κ3) is 5.63. The Hall–Kier alpha value is -2.60. The highest BCUT2D eigenvalue weighted by atomic mass is 79.9. The van der Waals surface area contributed by atoms with Crippen LogP contribution >= 0.6 is 15.9 Å². The molecule has 2 aromatic carbocycles. The fourth-order valence-electron chi connectivity index (χ4n) is 3.72. The Morgan fingerprint density at radius 1 is 1.11 bits per heavy atom. The van der Waals surface area contributed by atoms with Crippen LogP contribution in [0.1, 0.15) is 5.56 Å². The van der Waals surface area contributed by atoms with Gasteiger partial charge in [0.15, 0.2) is 17.4 Å². The van der Waals surface area contributed by atoms with Crippen molar-refractivity contribution in [1.82, 2.24) is 19.3 Å². The van der Waals surface area contributed by atoms with Crippen LogP contribution in [-0.2, 0) is 25.1 Å². The maximum absolute atomic E-state index is 15.2. The summed E-state index contributed by atoms with van der Waals surface area (Å²) in [5.74, 6) is -0.804. The first-order valence-electron chi connectivity index (χ1n) is 11.1. The van der Waals surface area contributed by atoms with E-state index in [9.17, 15) is 9.50 Å². The standard InChI is InChI=1S/C24H27BrF2N4O3Si/c1-30-23(28-24(25)29-30)17-11-15(5-6-19(17)26)34-22-18(13-32)16-7-8-31(21(16)12-20(22)27)14-33-9-10-35(2,3)4/h5-8,11-12,32H,9-10,13-14H2,1-4H3. The number of aromatic nitrogens is 4. The predicted octanol–water partition coefficient (Wildman–Crippen LogP) is 6.07. The van der Waals surface area contributed by atoms with Gasteiger partial charge >= 0.3 is 0 Å². The number of hydrogen-bond acceptors (Lipinski definition) is 5. The monoisotopic (exact) mass is 564 g/mol. The Balaban J connectivity index is 1.63. The number of ether oxygens (including phenoxy) is 2. The van der Waals surface area contributed by atoms with Crippen molar-refractivity contribution in [3.05, 3.63) is 58.5 Å². The van der Waals surface area contributed by atoms with Gasteiger partial charge in [-0.2, -0.15) is 0 Å². The van der Waals surface area contributed by atoms with Gasteiger partial charge in [-0.3, -0.25) is 0 Å². The maximum atomic E-state index is 15.2. The molecule has 35 heavy (non-hydrogen) atoms. The molecule has 4 rings (SSSR count). The van der Waals surface area contributed by atoms with E-state index in [4.69, 9.17) is 9.47 Å². The van der Waals surface area contributed by atoms with E-state index in [0.717, 1.165) is 6.04 Å². The zero-order valence-corrected chi connectivity index (χ0v) is 22.6. The lowest BCUT2D eigenvalue weighted by Crippen LogP contribution is -2.21. The molecule has 0 unspecified atom stereocenters. The molecule has 0 aliphatic carbocycles. The molecule has 0 saturated heterocycles. The summed E-state index contributed by atoms with van der Waals surface area (Å²) in [5.41, 5.74) is 1.04. The molecule has 7 nitrogen and oxygen atoms in total. The van der Waals surface area contributed by atoms with Crippen molar-refractivity contribution >= 4 is 34.9 Å². The minimum atomic E-state index is -1.21. The summed E-state index contributed by atoms with van der Waals surface area (Å²) in [4.78, 5) is 4.17. The van der Waals surface area contributed by atoms with Crippen molar-refractivity contribution in [3.8, 4) is 22.9 Å². The van der Waals surface area contributed by atoms with E-state index >= 15 is 4.39 Å². The topological polar surface area (TPSA) is 74.3 Å². The van der Waals surface area contributed by atoms with Gasteiger partial charge in [0.1, 0.15) is 18.3 Å². The number of fused-ring (bicyclic) bond motifs is 1. The molecule has 0 atom stereocenters. The van der Waals surface area contributed by atoms with Gasteiger partial charge in [0.05, 0.1) is 17.7 Å². The fraction of sp³-hybridized carbons (Fsp3) is 0.333. The van der Waals surface area contributed by atoms with Gasteiger partial charge in [-0.1, -0.05) is 19.6 Å². The van der Waals surface area contributed by atoms with Crippen LogP contribution in [0.5, 0.6) is 11.5 Å². The van der Waals surface area contributed by atoms with E-state index in [1.807, 2.05) is 0 Å². The number of benzene rings is 2. The summed E-state index contributed by atoms with van der Waals surface area (Å²) < 4.78 is 45.0. The summed E-state index contributed by atoms with van der Waals surface area (Å²) in [6.45, 7) is 7.33. The van der Waals surface area contributed by atoms with Gasteiger partial charge in [0.25, 0.3) is 0 Å². The molecule has 0 amide bonds. The maximum Gasteiger partial charge on any atom is 0.217 e. The predicted molar refractivity (Wildman–Crippen MR) is 136 cm³/mol. The zero-order chi connectivity index (χ0) is 25.3. The normalized spacial score (nSPS) is 12.0. The van der Waals surface area contributed by atoms with Crippen molar-refractivity contribution in [2.24, 2.45) is 7.05 Å². The highest BCUT2D eigenvalue weighted by Gasteiger charge is 2.20. The van der Waals surface area contributed by atoms with Crippen LogP contribution in [0.3, 0.4) is 0 Å². The molecule has 0 fully saturated rings. The number of aliphatic hydroxyl groups is 1. The summed E-state index contributed by atoms with van der Waals surface area (Å²) in [6.07, 6.45) is 1.80. The zero-order valence-electron chi connectivity index (χ0n) is 20.0. The Morgan fingerprint density at radius 3 is 2.54 bits per heavy atom. The lowest BCUT2D eigenvalue weighted by Gasteiger charge is -2.16. The molecular formula is C24H27BrF2N4O3Si. The molecule has 4 aromatic rings. The Bertz CT molecular complexity index is 1370. The van der Waals surface area contributed by atoms with Crippen LogP contribution in [0.25, 0.3) is 22.3 Å². The largest absolute Gasteiger partial charge is 0.454 e. The molecular weight excluding hydrogens is 538 g/mol. The van der Waals surface area contributed by atoms with Crippen molar-refractivity contribution in [3.63, 3.8) is 0 Å². The molecule has 11 heteroatoms. The summed E-state index contributed by atoms with van der Waals surface area (Å²) in [7, 11) is 0.425. The lowest BCUT2D eigenvalue weighted by atomic mass is 10.1. The quantitative estimate of drug-likeness (QED) is 0.197. The molecule has 0 aliphatic rings. The molecule has 2 heterocycles. The van der Waals surface area contributed by atoms with E-state index in [2.05, 4.69) is 45.7 Å². The van der Waals surface area contributed by atoms with E-state index in [-0.39, 0.29) is 29.6 Å². The number of aliphatic hydroxyl groups excluding tert-OH is 1. The van der Waals surface area contributed by atoms with Gasteiger partial charge in [-0.15, -0.1) is 5.10 Å². The second-order valence-electron chi connectivity index (χ2n) is 9.46. The van der Waals surface area contributed by atoms with E-state index in [1.54, 1.807) is 23.9 Å². The second kappa shape index (κ2) is 10.2. The highest BCUT2D eigenvalue weighted by Crippen LogP contribution is 2.36. The highest BCUT2D eigenvalue weighted by molar-refractivity contribution is 9.10. The summed E-state index contributed by atoms with van der Waals surface area (Å²) in [6, 6.07) is 8.22.